The van der Waals surface area contributed by atoms with Crippen molar-refractivity contribution in [1.82, 2.24) is 9.62 Å². The van der Waals surface area contributed by atoms with Crippen LogP contribution in [-0.2, 0) is 21.3 Å². The summed E-state index contributed by atoms with van der Waals surface area (Å²) in [4.78, 5) is 14.3. The molecule has 0 bridgehead atoms. The van der Waals surface area contributed by atoms with Crippen molar-refractivity contribution >= 4 is 31.9 Å². The van der Waals surface area contributed by atoms with Gasteiger partial charge in [-0.15, -0.1) is 0 Å². The Balaban J connectivity index is 1.62. The summed E-state index contributed by atoms with van der Waals surface area (Å²) in [7, 11) is -1.90. The van der Waals surface area contributed by atoms with Crippen LogP contribution in [0.3, 0.4) is 0 Å². The van der Waals surface area contributed by atoms with E-state index in [1.807, 2.05) is 24.3 Å². The van der Waals surface area contributed by atoms with Crippen LogP contribution in [0.5, 0.6) is 0 Å². The molecule has 1 aliphatic heterocycles. The number of sulfonamides is 1. The molecule has 150 valence electrons. The summed E-state index contributed by atoms with van der Waals surface area (Å²) in [5.74, 6) is -0.167. The van der Waals surface area contributed by atoms with Gasteiger partial charge in [-0.3, -0.25) is 4.79 Å². The molecule has 0 radical (unpaired) electrons. The Hall–Kier alpha value is -1.74. The topological polar surface area (TPSA) is 75.7 Å². The molecular formula is C20H23BrN2O4S. The van der Waals surface area contributed by atoms with Crippen LogP contribution in [0.1, 0.15) is 28.8 Å². The van der Waals surface area contributed by atoms with Crippen LogP contribution in [0.4, 0.5) is 0 Å². The quantitative estimate of drug-likeness (QED) is 0.679. The van der Waals surface area contributed by atoms with E-state index in [1.165, 1.54) is 12.1 Å². The molecule has 0 spiro atoms. The van der Waals surface area contributed by atoms with Gasteiger partial charge in [0.2, 0.25) is 10.0 Å². The van der Waals surface area contributed by atoms with Crippen molar-refractivity contribution in [3.05, 3.63) is 64.1 Å². The van der Waals surface area contributed by atoms with E-state index in [1.54, 1.807) is 24.1 Å². The van der Waals surface area contributed by atoms with Crippen molar-refractivity contribution in [3.63, 3.8) is 0 Å². The van der Waals surface area contributed by atoms with Crippen molar-refractivity contribution in [2.24, 2.45) is 0 Å². The van der Waals surface area contributed by atoms with Crippen LogP contribution in [0.15, 0.2) is 57.9 Å². The maximum Gasteiger partial charge on any atom is 0.253 e. The minimum Gasteiger partial charge on any atom is -0.377 e. The number of halogens is 1. The average molecular weight is 467 g/mol. The molecule has 1 heterocycles. The van der Waals surface area contributed by atoms with Gasteiger partial charge < -0.3 is 9.64 Å². The number of benzene rings is 2. The van der Waals surface area contributed by atoms with Crippen LogP contribution in [-0.4, -0.2) is 45.5 Å². The molecule has 1 saturated heterocycles. The Kier molecular flexibility index (Phi) is 6.87. The highest BCUT2D eigenvalue weighted by molar-refractivity contribution is 9.10. The van der Waals surface area contributed by atoms with E-state index >= 15 is 0 Å². The largest absolute Gasteiger partial charge is 0.377 e. The molecule has 6 nitrogen and oxygen atoms in total. The zero-order chi connectivity index (χ0) is 20.1. The summed E-state index contributed by atoms with van der Waals surface area (Å²) >= 11 is 3.39. The van der Waals surface area contributed by atoms with E-state index < -0.39 is 10.0 Å². The lowest BCUT2D eigenvalue weighted by atomic mass is 10.1. The normalized spacial score (nSPS) is 16.9. The molecule has 1 amide bonds. The minimum atomic E-state index is -3.62. The molecule has 1 fully saturated rings. The Bertz CT molecular complexity index is 908. The lowest BCUT2D eigenvalue weighted by molar-refractivity contribution is 0.0785. The van der Waals surface area contributed by atoms with Crippen LogP contribution in [0.2, 0.25) is 0 Å². The summed E-state index contributed by atoms with van der Waals surface area (Å²) < 4.78 is 33.8. The van der Waals surface area contributed by atoms with Crippen molar-refractivity contribution in [3.8, 4) is 0 Å². The van der Waals surface area contributed by atoms with Crippen molar-refractivity contribution in [2.75, 3.05) is 20.2 Å². The first-order valence-corrected chi connectivity index (χ1v) is 11.3. The summed E-state index contributed by atoms with van der Waals surface area (Å²) in [5.41, 5.74) is 1.45. The van der Waals surface area contributed by atoms with Gasteiger partial charge in [-0.25, -0.2) is 13.1 Å². The molecule has 0 saturated carbocycles. The van der Waals surface area contributed by atoms with Crippen molar-refractivity contribution in [1.29, 1.82) is 0 Å². The molecule has 1 unspecified atom stereocenters. The second kappa shape index (κ2) is 9.17. The molecular weight excluding hydrogens is 444 g/mol. The van der Waals surface area contributed by atoms with Crippen LogP contribution in [0, 0.1) is 0 Å². The lowest BCUT2D eigenvalue weighted by Gasteiger charge is -2.18. The molecule has 1 N–H and O–H groups in total. The Morgan fingerprint density at radius 1 is 1.18 bits per heavy atom. The van der Waals surface area contributed by atoms with E-state index in [9.17, 15) is 13.2 Å². The molecule has 3 rings (SSSR count). The standard InChI is InChI=1S/C20H23BrN2O4S/c1-23(14-15-4-8-17(21)9-5-15)20(24)16-6-10-19(11-7-16)28(25,26)22-13-18-3-2-12-27-18/h4-11,18,22H,2-3,12-14H2,1H3. The third-order valence-electron chi connectivity index (χ3n) is 4.62. The molecule has 2 aromatic rings. The fourth-order valence-electron chi connectivity index (χ4n) is 3.02. The van der Waals surface area contributed by atoms with Gasteiger partial charge in [0.25, 0.3) is 5.91 Å². The molecule has 1 aliphatic rings. The summed E-state index contributed by atoms with van der Waals surface area (Å²) in [5, 5.41) is 0. The Labute approximate surface area is 174 Å². The average Bonchev–Trinajstić information content (AvgIpc) is 3.21. The highest BCUT2D eigenvalue weighted by Gasteiger charge is 2.21. The number of amides is 1. The van der Waals surface area contributed by atoms with Gasteiger partial charge in [0, 0.05) is 36.8 Å². The second-order valence-corrected chi connectivity index (χ2v) is 9.48. The maximum atomic E-state index is 12.6. The Morgan fingerprint density at radius 2 is 1.86 bits per heavy atom. The molecule has 0 aromatic heterocycles. The fourth-order valence-corrected chi connectivity index (χ4v) is 4.35. The van der Waals surface area contributed by atoms with E-state index in [0.29, 0.717) is 18.7 Å². The number of hydrogen-bond acceptors (Lipinski definition) is 4. The minimum absolute atomic E-state index is 0.0668. The van der Waals surface area contributed by atoms with Gasteiger partial charge in [-0.2, -0.15) is 0 Å². The number of rotatable bonds is 7. The lowest BCUT2D eigenvalue weighted by Crippen LogP contribution is -2.32. The maximum absolute atomic E-state index is 12.6. The van der Waals surface area contributed by atoms with Gasteiger partial charge >= 0.3 is 0 Å². The SMILES string of the molecule is CN(Cc1ccc(Br)cc1)C(=O)c1ccc(S(=O)(=O)NCC2CCCO2)cc1. The second-order valence-electron chi connectivity index (χ2n) is 6.80. The number of nitrogens with zero attached hydrogens (tertiary/aromatic N) is 1. The van der Waals surface area contributed by atoms with Gasteiger partial charge in [0.1, 0.15) is 0 Å². The number of carbonyl (C=O) groups excluding carboxylic acids is 1. The molecule has 0 aliphatic carbocycles. The monoisotopic (exact) mass is 466 g/mol. The van der Waals surface area contributed by atoms with Gasteiger partial charge in [-0.1, -0.05) is 28.1 Å². The van der Waals surface area contributed by atoms with Gasteiger partial charge in [-0.05, 0) is 54.8 Å². The number of nitrogens with one attached hydrogen (secondary N) is 1. The van der Waals surface area contributed by atoms with E-state index in [0.717, 1.165) is 22.9 Å². The highest BCUT2D eigenvalue weighted by atomic mass is 79.9. The van der Waals surface area contributed by atoms with Gasteiger partial charge in [0.15, 0.2) is 0 Å². The third kappa shape index (κ3) is 5.41. The van der Waals surface area contributed by atoms with Crippen LogP contribution in [0.25, 0.3) is 0 Å². The molecule has 2 aromatic carbocycles. The number of hydrogen-bond donors (Lipinski definition) is 1. The first kappa shape index (κ1) is 21.0. The first-order valence-electron chi connectivity index (χ1n) is 9.06. The zero-order valence-electron chi connectivity index (χ0n) is 15.6. The van der Waals surface area contributed by atoms with E-state index in [2.05, 4.69) is 20.7 Å². The van der Waals surface area contributed by atoms with Crippen LogP contribution >= 0.6 is 15.9 Å². The predicted molar refractivity (Wildman–Crippen MR) is 111 cm³/mol. The molecule has 1 atom stereocenters. The van der Waals surface area contributed by atoms with E-state index in [-0.39, 0.29) is 23.5 Å². The molecule has 8 heteroatoms. The van der Waals surface area contributed by atoms with Crippen LogP contribution < -0.4 is 4.72 Å². The summed E-state index contributed by atoms with van der Waals surface area (Å²) in [6.07, 6.45) is 1.75. The van der Waals surface area contributed by atoms with Crippen molar-refractivity contribution < 1.29 is 17.9 Å². The van der Waals surface area contributed by atoms with Gasteiger partial charge in [0.05, 0.1) is 11.0 Å². The Morgan fingerprint density at radius 3 is 2.46 bits per heavy atom. The zero-order valence-corrected chi connectivity index (χ0v) is 18.0. The fraction of sp³-hybridized carbons (Fsp3) is 0.350. The number of ether oxygens (including phenoxy) is 1. The summed E-state index contributed by atoms with van der Waals surface area (Å²) in [6, 6.07) is 13.7. The first-order chi connectivity index (χ1) is 13.3. The number of carbonyl (C=O) groups is 1. The summed E-state index contributed by atoms with van der Waals surface area (Å²) in [6.45, 7) is 1.41. The van der Waals surface area contributed by atoms with Crippen molar-refractivity contribution in [2.45, 2.75) is 30.4 Å². The third-order valence-corrected chi connectivity index (χ3v) is 6.58. The predicted octanol–water partition coefficient (Wildman–Crippen LogP) is 3.18. The highest BCUT2D eigenvalue weighted by Crippen LogP contribution is 2.16. The molecule has 28 heavy (non-hydrogen) atoms. The smallest absolute Gasteiger partial charge is 0.253 e. The van der Waals surface area contributed by atoms with E-state index in [4.69, 9.17) is 4.74 Å².